The first kappa shape index (κ1) is 12.1. The quantitative estimate of drug-likeness (QED) is 0.848. The summed E-state index contributed by atoms with van der Waals surface area (Å²) in [7, 11) is 0. The Labute approximate surface area is 111 Å². The maximum absolute atomic E-state index is 11.8. The SMILES string of the molecule is Cc1ccoc1-c1noc(CC2CCCCC2=O)n1. The predicted octanol–water partition coefficient (Wildman–Crippen LogP) is 2.94. The van der Waals surface area contributed by atoms with Gasteiger partial charge in [0.15, 0.2) is 5.76 Å². The van der Waals surface area contributed by atoms with Gasteiger partial charge in [0.05, 0.1) is 6.26 Å². The fourth-order valence-electron chi connectivity index (χ4n) is 2.51. The smallest absolute Gasteiger partial charge is 0.238 e. The minimum Gasteiger partial charge on any atom is -0.461 e. The zero-order valence-corrected chi connectivity index (χ0v) is 10.9. The molecule has 0 N–H and O–H groups in total. The Bertz CT molecular complexity index is 585. The molecule has 0 radical (unpaired) electrons. The first-order valence-electron chi connectivity index (χ1n) is 6.64. The number of ketones is 1. The highest BCUT2D eigenvalue weighted by molar-refractivity contribution is 5.81. The summed E-state index contributed by atoms with van der Waals surface area (Å²) in [5.74, 6) is 1.97. The summed E-state index contributed by atoms with van der Waals surface area (Å²) < 4.78 is 10.5. The minimum absolute atomic E-state index is 0.0414. The number of aryl methyl sites for hydroxylation is 1. The third-order valence-corrected chi connectivity index (χ3v) is 3.64. The van der Waals surface area contributed by atoms with Crippen LogP contribution < -0.4 is 0 Å². The molecule has 1 atom stereocenters. The van der Waals surface area contributed by atoms with Gasteiger partial charge in [0.1, 0.15) is 5.78 Å². The van der Waals surface area contributed by atoms with E-state index in [0.29, 0.717) is 36.1 Å². The number of carbonyl (C=O) groups is 1. The van der Waals surface area contributed by atoms with Crippen molar-refractivity contribution >= 4 is 5.78 Å². The van der Waals surface area contributed by atoms with Crippen LogP contribution in [0.15, 0.2) is 21.3 Å². The van der Waals surface area contributed by atoms with E-state index < -0.39 is 0 Å². The van der Waals surface area contributed by atoms with Crippen molar-refractivity contribution in [3.05, 3.63) is 23.8 Å². The molecule has 1 fully saturated rings. The fraction of sp³-hybridized carbons (Fsp3) is 0.500. The number of carbonyl (C=O) groups excluding carboxylic acids is 1. The molecule has 100 valence electrons. The summed E-state index contributed by atoms with van der Waals surface area (Å²) in [5.41, 5.74) is 0.973. The molecule has 0 saturated heterocycles. The van der Waals surface area contributed by atoms with Gasteiger partial charge in [-0.05, 0) is 31.4 Å². The number of nitrogens with zero attached hydrogens (tertiary/aromatic N) is 2. The summed E-state index contributed by atoms with van der Waals surface area (Å²) in [4.78, 5) is 16.1. The lowest BCUT2D eigenvalue weighted by molar-refractivity contribution is -0.124. The van der Waals surface area contributed by atoms with Gasteiger partial charge >= 0.3 is 0 Å². The highest BCUT2D eigenvalue weighted by Gasteiger charge is 2.25. The van der Waals surface area contributed by atoms with Crippen LogP contribution in [-0.4, -0.2) is 15.9 Å². The molecule has 0 aliphatic heterocycles. The third-order valence-electron chi connectivity index (χ3n) is 3.64. The second kappa shape index (κ2) is 4.99. The average Bonchev–Trinajstić information content (AvgIpc) is 3.01. The van der Waals surface area contributed by atoms with Gasteiger partial charge in [-0.3, -0.25) is 4.79 Å². The van der Waals surface area contributed by atoms with E-state index in [4.69, 9.17) is 8.94 Å². The van der Waals surface area contributed by atoms with Gasteiger partial charge in [-0.2, -0.15) is 4.98 Å². The normalized spacial score (nSPS) is 19.8. The molecule has 2 heterocycles. The zero-order valence-electron chi connectivity index (χ0n) is 10.9. The van der Waals surface area contributed by atoms with Gasteiger partial charge in [0, 0.05) is 18.8 Å². The molecule has 1 unspecified atom stereocenters. The fourth-order valence-corrected chi connectivity index (χ4v) is 2.51. The van der Waals surface area contributed by atoms with E-state index >= 15 is 0 Å². The van der Waals surface area contributed by atoms with Crippen LogP contribution in [0.2, 0.25) is 0 Å². The Morgan fingerprint density at radius 2 is 2.32 bits per heavy atom. The van der Waals surface area contributed by atoms with E-state index in [-0.39, 0.29) is 5.92 Å². The number of Topliss-reactive ketones (excluding diaryl/α,β-unsaturated/α-hetero) is 1. The molecule has 0 bridgehead atoms. The Balaban J connectivity index is 1.75. The number of rotatable bonds is 3. The van der Waals surface area contributed by atoms with Crippen LogP contribution in [0, 0.1) is 12.8 Å². The molecule has 5 nitrogen and oxygen atoms in total. The molecule has 2 aromatic heterocycles. The topological polar surface area (TPSA) is 69.1 Å². The second-order valence-corrected chi connectivity index (χ2v) is 5.06. The molecule has 0 aromatic carbocycles. The molecular formula is C14H16N2O3. The minimum atomic E-state index is 0.0414. The molecule has 1 aliphatic rings. The average molecular weight is 260 g/mol. The van der Waals surface area contributed by atoms with Crippen molar-refractivity contribution in [2.24, 2.45) is 5.92 Å². The van der Waals surface area contributed by atoms with Gasteiger partial charge in [-0.1, -0.05) is 11.6 Å². The van der Waals surface area contributed by atoms with E-state index in [1.54, 1.807) is 6.26 Å². The number of furan rings is 1. The Kier molecular flexibility index (Phi) is 3.19. The first-order chi connectivity index (χ1) is 9.24. The molecular weight excluding hydrogens is 244 g/mol. The lowest BCUT2D eigenvalue weighted by atomic mass is 9.86. The van der Waals surface area contributed by atoms with Gasteiger partial charge in [0.2, 0.25) is 11.7 Å². The summed E-state index contributed by atoms with van der Waals surface area (Å²) in [5, 5.41) is 3.92. The maximum atomic E-state index is 11.8. The highest BCUT2D eigenvalue weighted by Crippen LogP contribution is 2.25. The van der Waals surface area contributed by atoms with Crippen molar-refractivity contribution < 1.29 is 13.7 Å². The molecule has 1 saturated carbocycles. The van der Waals surface area contributed by atoms with Crippen LogP contribution in [0.3, 0.4) is 0 Å². The lowest BCUT2D eigenvalue weighted by Crippen LogP contribution is -2.21. The Hall–Kier alpha value is -1.91. The summed E-state index contributed by atoms with van der Waals surface area (Å²) >= 11 is 0. The standard InChI is InChI=1S/C14H16N2O3/c1-9-6-7-18-13(9)14-15-12(19-16-14)8-10-4-2-3-5-11(10)17/h6-7,10H,2-5,8H2,1H3. The van der Waals surface area contributed by atoms with Crippen LogP contribution in [0.25, 0.3) is 11.6 Å². The van der Waals surface area contributed by atoms with Gasteiger partial charge in [0.25, 0.3) is 0 Å². The van der Waals surface area contributed by atoms with E-state index in [1.807, 2.05) is 13.0 Å². The molecule has 2 aromatic rings. The monoisotopic (exact) mass is 260 g/mol. The summed E-state index contributed by atoms with van der Waals surface area (Å²) in [6, 6.07) is 1.86. The van der Waals surface area contributed by atoms with Gasteiger partial charge < -0.3 is 8.94 Å². The van der Waals surface area contributed by atoms with Crippen molar-refractivity contribution in [2.45, 2.75) is 39.0 Å². The van der Waals surface area contributed by atoms with E-state index in [9.17, 15) is 4.79 Å². The van der Waals surface area contributed by atoms with Crippen LogP contribution in [0.5, 0.6) is 0 Å². The van der Waals surface area contributed by atoms with Crippen LogP contribution in [-0.2, 0) is 11.2 Å². The van der Waals surface area contributed by atoms with Crippen molar-refractivity contribution in [3.8, 4) is 11.6 Å². The summed E-state index contributed by atoms with van der Waals surface area (Å²) in [6.45, 7) is 1.93. The second-order valence-electron chi connectivity index (χ2n) is 5.06. The van der Waals surface area contributed by atoms with Crippen molar-refractivity contribution in [1.82, 2.24) is 10.1 Å². The van der Waals surface area contributed by atoms with E-state index in [2.05, 4.69) is 10.1 Å². The van der Waals surface area contributed by atoms with Crippen molar-refractivity contribution in [3.63, 3.8) is 0 Å². The van der Waals surface area contributed by atoms with E-state index in [1.165, 1.54) is 0 Å². The third kappa shape index (κ3) is 2.45. The number of hydrogen-bond acceptors (Lipinski definition) is 5. The van der Waals surface area contributed by atoms with Crippen LogP contribution >= 0.6 is 0 Å². The molecule has 1 aliphatic carbocycles. The molecule has 5 heteroatoms. The molecule has 0 amide bonds. The summed E-state index contributed by atoms with van der Waals surface area (Å²) in [6.07, 6.45) is 5.88. The number of hydrogen-bond donors (Lipinski definition) is 0. The Morgan fingerprint density at radius 3 is 3.05 bits per heavy atom. The van der Waals surface area contributed by atoms with Crippen molar-refractivity contribution in [2.75, 3.05) is 0 Å². The molecule has 3 rings (SSSR count). The zero-order chi connectivity index (χ0) is 13.2. The van der Waals surface area contributed by atoms with E-state index in [0.717, 1.165) is 24.8 Å². The largest absolute Gasteiger partial charge is 0.461 e. The van der Waals surface area contributed by atoms with Gasteiger partial charge in [-0.15, -0.1) is 0 Å². The van der Waals surface area contributed by atoms with Crippen molar-refractivity contribution in [1.29, 1.82) is 0 Å². The highest BCUT2D eigenvalue weighted by atomic mass is 16.5. The molecule has 0 spiro atoms. The molecule has 19 heavy (non-hydrogen) atoms. The maximum Gasteiger partial charge on any atom is 0.238 e. The Morgan fingerprint density at radius 1 is 1.42 bits per heavy atom. The van der Waals surface area contributed by atoms with Crippen LogP contribution in [0.1, 0.15) is 37.1 Å². The first-order valence-corrected chi connectivity index (χ1v) is 6.64. The van der Waals surface area contributed by atoms with Crippen LogP contribution in [0.4, 0.5) is 0 Å². The lowest BCUT2D eigenvalue weighted by Gasteiger charge is -2.18. The number of aromatic nitrogens is 2. The van der Waals surface area contributed by atoms with Gasteiger partial charge in [-0.25, -0.2) is 0 Å². The predicted molar refractivity (Wildman–Crippen MR) is 67.4 cm³/mol.